The SMILES string of the molecule is Cc1ccc2ccc3ccc(B(O)O)nc3c2n1. The summed E-state index contributed by atoms with van der Waals surface area (Å²) >= 11 is 0. The molecule has 2 heterocycles. The van der Waals surface area contributed by atoms with Gasteiger partial charge < -0.3 is 10.0 Å². The van der Waals surface area contributed by atoms with Crippen LogP contribution in [-0.4, -0.2) is 27.1 Å². The van der Waals surface area contributed by atoms with Crippen molar-refractivity contribution in [2.45, 2.75) is 6.92 Å². The summed E-state index contributed by atoms with van der Waals surface area (Å²) in [6.45, 7) is 1.92. The molecule has 2 aromatic heterocycles. The van der Waals surface area contributed by atoms with E-state index >= 15 is 0 Å². The van der Waals surface area contributed by atoms with Gasteiger partial charge in [0.2, 0.25) is 0 Å². The van der Waals surface area contributed by atoms with Crippen molar-refractivity contribution in [1.82, 2.24) is 9.97 Å². The minimum atomic E-state index is -1.56. The Morgan fingerprint density at radius 3 is 2.06 bits per heavy atom. The lowest BCUT2D eigenvalue weighted by Crippen LogP contribution is -2.32. The van der Waals surface area contributed by atoms with Gasteiger partial charge in [-0.15, -0.1) is 0 Å². The largest absolute Gasteiger partial charge is 0.508 e. The monoisotopic (exact) mass is 238 g/mol. The summed E-state index contributed by atoms with van der Waals surface area (Å²) < 4.78 is 0. The molecule has 0 aliphatic rings. The van der Waals surface area contributed by atoms with Crippen LogP contribution in [0.3, 0.4) is 0 Å². The van der Waals surface area contributed by atoms with E-state index in [0.29, 0.717) is 5.52 Å². The van der Waals surface area contributed by atoms with Gasteiger partial charge >= 0.3 is 7.12 Å². The van der Waals surface area contributed by atoms with Crippen molar-refractivity contribution >= 4 is 34.5 Å². The van der Waals surface area contributed by atoms with Gasteiger partial charge in [-0.25, -0.2) is 0 Å². The Morgan fingerprint density at radius 1 is 0.833 bits per heavy atom. The molecule has 4 nitrogen and oxygen atoms in total. The van der Waals surface area contributed by atoms with E-state index in [1.807, 2.05) is 37.3 Å². The number of hydrogen-bond donors (Lipinski definition) is 2. The van der Waals surface area contributed by atoms with Crippen LogP contribution in [0.1, 0.15) is 5.69 Å². The second-order valence-electron chi connectivity index (χ2n) is 4.27. The van der Waals surface area contributed by atoms with Crippen molar-refractivity contribution in [3.05, 3.63) is 42.1 Å². The molecule has 88 valence electrons. The molecule has 0 unspecified atom stereocenters. The molecule has 3 rings (SSSR count). The van der Waals surface area contributed by atoms with Crippen molar-refractivity contribution in [2.75, 3.05) is 0 Å². The Balaban J connectivity index is 2.42. The molecule has 0 fully saturated rings. The fourth-order valence-electron chi connectivity index (χ4n) is 2.02. The molecule has 3 aromatic rings. The summed E-state index contributed by atoms with van der Waals surface area (Å²) in [6.07, 6.45) is 0. The smallest absolute Gasteiger partial charge is 0.422 e. The van der Waals surface area contributed by atoms with E-state index in [9.17, 15) is 10.0 Å². The standard InChI is InChI=1S/C13H11BN2O2/c1-8-2-3-9-4-5-10-6-7-11(14(17)18)16-13(10)12(9)15-8/h2-7,17-18H,1H3. The predicted molar refractivity (Wildman–Crippen MR) is 71.6 cm³/mol. The van der Waals surface area contributed by atoms with Crippen LogP contribution in [0.5, 0.6) is 0 Å². The van der Waals surface area contributed by atoms with E-state index in [1.54, 1.807) is 6.07 Å². The van der Waals surface area contributed by atoms with E-state index in [1.165, 1.54) is 0 Å². The van der Waals surface area contributed by atoms with Gasteiger partial charge in [0.05, 0.1) is 16.6 Å². The van der Waals surface area contributed by atoms with Crippen molar-refractivity contribution in [1.29, 1.82) is 0 Å². The van der Waals surface area contributed by atoms with Gasteiger partial charge in [0.15, 0.2) is 0 Å². The lowest BCUT2D eigenvalue weighted by atomic mass is 9.85. The second kappa shape index (κ2) is 4.05. The molecule has 0 bridgehead atoms. The number of nitrogens with zero attached hydrogens (tertiary/aromatic N) is 2. The number of hydrogen-bond acceptors (Lipinski definition) is 4. The zero-order valence-corrected chi connectivity index (χ0v) is 9.83. The van der Waals surface area contributed by atoms with Crippen molar-refractivity contribution in [2.24, 2.45) is 0 Å². The maximum Gasteiger partial charge on any atom is 0.508 e. The number of benzene rings is 1. The molecule has 0 atom stereocenters. The second-order valence-corrected chi connectivity index (χ2v) is 4.27. The lowest BCUT2D eigenvalue weighted by Gasteiger charge is -2.05. The first kappa shape index (κ1) is 11.1. The van der Waals surface area contributed by atoms with E-state index in [2.05, 4.69) is 9.97 Å². The van der Waals surface area contributed by atoms with Crippen LogP contribution in [-0.2, 0) is 0 Å². The van der Waals surface area contributed by atoms with Crippen LogP contribution >= 0.6 is 0 Å². The molecule has 0 radical (unpaired) electrons. The van der Waals surface area contributed by atoms with Crippen LogP contribution in [0.2, 0.25) is 0 Å². The molecule has 5 heteroatoms. The van der Waals surface area contributed by atoms with Crippen molar-refractivity contribution in [3.8, 4) is 0 Å². The summed E-state index contributed by atoms with van der Waals surface area (Å²) in [5, 5.41) is 20.3. The third kappa shape index (κ3) is 1.74. The molecular weight excluding hydrogens is 227 g/mol. The van der Waals surface area contributed by atoms with Crippen molar-refractivity contribution < 1.29 is 10.0 Å². The molecule has 2 N–H and O–H groups in total. The third-order valence-corrected chi connectivity index (χ3v) is 2.94. The Morgan fingerprint density at radius 2 is 1.39 bits per heavy atom. The van der Waals surface area contributed by atoms with Gasteiger partial charge in [0.25, 0.3) is 0 Å². The molecule has 0 aliphatic heterocycles. The first-order valence-corrected chi connectivity index (χ1v) is 5.68. The summed E-state index contributed by atoms with van der Waals surface area (Å²) in [7, 11) is -1.56. The highest BCUT2D eigenvalue weighted by Gasteiger charge is 2.14. The number of fused-ring (bicyclic) bond motifs is 3. The average molecular weight is 238 g/mol. The Kier molecular flexibility index (Phi) is 2.50. The highest BCUT2D eigenvalue weighted by molar-refractivity contribution is 6.57. The highest BCUT2D eigenvalue weighted by atomic mass is 16.4. The van der Waals surface area contributed by atoms with Gasteiger partial charge in [-0.1, -0.05) is 24.3 Å². The zero-order chi connectivity index (χ0) is 12.7. The van der Waals surface area contributed by atoms with Crippen LogP contribution < -0.4 is 5.59 Å². The molecule has 18 heavy (non-hydrogen) atoms. The average Bonchev–Trinajstić information content (AvgIpc) is 2.37. The molecule has 0 amide bonds. The molecule has 1 aromatic carbocycles. The molecular formula is C13H11BN2O2. The number of aryl methyl sites for hydroxylation is 1. The van der Waals surface area contributed by atoms with Gasteiger partial charge in [0, 0.05) is 16.5 Å². The summed E-state index contributed by atoms with van der Waals surface area (Å²) in [6, 6.07) is 11.3. The lowest BCUT2D eigenvalue weighted by molar-refractivity contribution is 0.424. The minimum absolute atomic E-state index is 0.235. The molecule has 0 saturated heterocycles. The Hall–Kier alpha value is -1.98. The maximum atomic E-state index is 9.18. The van der Waals surface area contributed by atoms with E-state index in [0.717, 1.165) is 22.0 Å². The van der Waals surface area contributed by atoms with Crippen LogP contribution in [0.4, 0.5) is 0 Å². The van der Waals surface area contributed by atoms with Gasteiger partial charge in [0.1, 0.15) is 0 Å². The quantitative estimate of drug-likeness (QED) is 0.485. The highest BCUT2D eigenvalue weighted by Crippen LogP contribution is 2.21. The number of pyridine rings is 2. The minimum Gasteiger partial charge on any atom is -0.422 e. The third-order valence-electron chi connectivity index (χ3n) is 2.94. The summed E-state index contributed by atoms with van der Waals surface area (Å²) in [4.78, 5) is 8.76. The van der Waals surface area contributed by atoms with Crippen LogP contribution in [0.25, 0.3) is 21.8 Å². The first-order chi connectivity index (χ1) is 8.65. The van der Waals surface area contributed by atoms with E-state index in [4.69, 9.17) is 0 Å². The first-order valence-electron chi connectivity index (χ1n) is 5.68. The van der Waals surface area contributed by atoms with Gasteiger partial charge in [-0.3, -0.25) is 9.97 Å². The van der Waals surface area contributed by atoms with Gasteiger partial charge in [-0.2, -0.15) is 0 Å². The Labute approximate surface area is 104 Å². The van der Waals surface area contributed by atoms with Gasteiger partial charge in [-0.05, 0) is 19.1 Å². The zero-order valence-electron chi connectivity index (χ0n) is 9.83. The summed E-state index contributed by atoms with van der Waals surface area (Å²) in [5.41, 5.74) is 2.63. The number of aromatic nitrogens is 2. The molecule has 0 saturated carbocycles. The predicted octanol–water partition coefficient (Wildman–Crippen LogP) is 0.771. The number of rotatable bonds is 1. The van der Waals surface area contributed by atoms with Crippen molar-refractivity contribution in [3.63, 3.8) is 0 Å². The Bertz CT molecular complexity index is 743. The fourth-order valence-corrected chi connectivity index (χ4v) is 2.02. The maximum absolute atomic E-state index is 9.18. The van der Waals surface area contributed by atoms with Crippen LogP contribution in [0.15, 0.2) is 36.4 Å². The topological polar surface area (TPSA) is 66.2 Å². The fraction of sp³-hybridized carbons (Fsp3) is 0.0769. The molecule has 0 aliphatic carbocycles. The molecule has 0 spiro atoms. The van der Waals surface area contributed by atoms with E-state index < -0.39 is 7.12 Å². The summed E-state index contributed by atoms with van der Waals surface area (Å²) in [5.74, 6) is 0. The normalized spacial score (nSPS) is 11.1. The van der Waals surface area contributed by atoms with Crippen LogP contribution in [0, 0.1) is 6.92 Å². The van der Waals surface area contributed by atoms with E-state index in [-0.39, 0.29) is 5.59 Å².